The fraction of sp³-hybridized carbons (Fsp3) is 0.533. The Morgan fingerprint density at radius 1 is 0.952 bits per heavy atom. The number of methoxy groups -OCH3 is 1. The molecule has 228 valence electrons. The molecule has 0 spiro atoms. The first-order chi connectivity index (χ1) is 19.7. The van der Waals surface area contributed by atoms with Gasteiger partial charge in [-0.05, 0) is 105 Å². The van der Waals surface area contributed by atoms with E-state index in [-0.39, 0.29) is 36.1 Å². The van der Waals surface area contributed by atoms with Crippen LogP contribution in [0.4, 0.5) is 41.6 Å². The third kappa shape index (κ3) is 6.03. The van der Waals surface area contributed by atoms with Gasteiger partial charge in [-0.3, -0.25) is 9.80 Å². The monoisotopic (exact) mass is 598 g/mol. The SMILES string of the molecule is COC(=O)N(Cc1cc(C(F)(F)F)cc(C(F)(F)F)c1)C1CC(C2CC2)N(C(=O)OC(C)C)c2cc3c(cc21)CCC3. The van der Waals surface area contributed by atoms with Gasteiger partial charge in [0, 0.05) is 12.6 Å². The van der Waals surface area contributed by atoms with Crippen molar-refractivity contribution in [1.29, 1.82) is 0 Å². The maximum Gasteiger partial charge on any atom is 0.416 e. The standard InChI is InChI=1S/C30H32F6N2O4/c1-16(2)42-28(40)38-24(18-7-8-18)14-25(23-11-19-5-4-6-20(19)12-26(23)38)37(27(39)41-3)15-17-9-21(29(31,32)33)13-22(10-17)30(34,35)36/h9-13,16,18,24-25H,4-8,14-15H2,1-3H3. The van der Waals surface area contributed by atoms with Crippen molar-refractivity contribution in [3.05, 3.63) is 63.7 Å². The van der Waals surface area contributed by atoms with Crippen molar-refractivity contribution in [1.82, 2.24) is 4.90 Å². The molecule has 2 aromatic rings. The molecule has 1 heterocycles. The first kappa shape index (κ1) is 30.0. The third-order valence-corrected chi connectivity index (χ3v) is 8.14. The quantitative estimate of drug-likeness (QED) is 0.327. The number of rotatable bonds is 5. The van der Waals surface area contributed by atoms with Crippen molar-refractivity contribution >= 4 is 17.9 Å². The molecule has 12 heteroatoms. The molecule has 0 radical (unpaired) electrons. The number of halogens is 6. The van der Waals surface area contributed by atoms with Crippen LogP contribution in [0.15, 0.2) is 30.3 Å². The first-order valence-electron chi connectivity index (χ1n) is 14.0. The van der Waals surface area contributed by atoms with E-state index in [9.17, 15) is 35.9 Å². The Morgan fingerprint density at radius 2 is 1.55 bits per heavy atom. The zero-order chi connectivity index (χ0) is 30.6. The van der Waals surface area contributed by atoms with E-state index in [0.29, 0.717) is 23.4 Å². The highest BCUT2D eigenvalue weighted by Crippen LogP contribution is 2.50. The molecule has 2 amide bonds. The summed E-state index contributed by atoms with van der Waals surface area (Å²) in [5.74, 6) is 0.110. The molecule has 6 nitrogen and oxygen atoms in total. The number of alkyl halides is 6. The fourth-order valence-electron chi connectivity index (χ4n) is 6.14. The minimum atomic E-state index is -5.03. The molecular formula is C30H32F6N2O4. The van der Waals surface area contributed by atoms with E-state index in [1.165, 1.54) is 4.90 Å². The lowest BCUT2D eigenvalue weighted by Crippen LogP contribution is -2.50. The number of benzene rings is 2. The highest BCUT2D eigenvalue weighted by molar-refractivity contribution is 5.91. The van der Waals surface area contributed by atoms with E-state index in [0.717, 1.165) is 50.3 Å². The molecule has 2 unspecified atom stereocenters. The van der Waals surface area contributed by atoms with Crippen LogP contribution in [-0.2, 0) is 41.2 Å². The number of nitrogens with zero attached hydrogens (tertiary/aromatic N) is 2. The summed E-state index contributed by atoms with van der Waals surface area (Å²) in [6.07, 6.45) is -7.49. The summed E-state index contributed by atoms with van der Waals surface area (Å²) in [5.41, 5.74) is -0.0393. The highest BCUT2D eigenvalue weighted by Gasteiger charge is 2.48. The molecule has 1 saturated carbocycles. The van der Waals surface area contributed by atoms with Gasteiger partial charge in [-0.25, -0.2) is 9.59 Å². The summed E-state index contributed by atoms with van der Waals surface area (Å²) in [6.45, 7) is 2.92. The van der Waals surface area contributed by atoms with Crippen molar-refractivity contribution in [2.75, 3.05) is 12.0 Å². The molecule has 0 saturated heterocycles. The van der Waals surface area contributed by atoms with E-state index < -0.39 is 48.3 Å². The number of carbonyl (C=O) groups is 2. The molecule has 3 aliphatic rings. The summed E-state index contributed by atoms with van der Waals surface area (Å²) >= 11 is 0. The number of carbonyl (C=O) groups excluding carboxylic acids is 2. The molecule has 42 heavy (non-hydrogen) atoms. The number of ether oxygens (including phenoxy) is 2. The lowest BCUT2D eigenvalue weighted by atomic mass is 9.86. The average Bonchev–Trinajstić information content (AvgIpc) is 3.65. The molecule has 2 atom stereocenters. The lowest BCUT2D eigenvalue weighted by molar-refractivity contribution is -0.143. The van der Waals surface area contributed by atoms with Gasteiger partial charge in [-0.2, -0.15) is 26.3 Å². The van der Waals surface area contributed by atoms with Gasteiger partial charge in [0.25, 0.3) is 0 Å². The zero-order valence-corrected chi connectivity index (χ0v) is 23.4. The van der Waals surface area contributed by atoms with E-state index >= 15 is 0 Å². The summed E-state index contributed by atoms with van der Waals surface area (Å²) in [4.78, 5) is 29.5. The summed E-state index contributed by atoms with van der Waals surface area (Å²) in [6, 6.07) is 3.99. The van der Waals surface area contributed by atoms with Crippen LogP contribution in [0.1, 0.15) is 79.0 Å². The Labute approximate surface area is 239 Å². The Kier molecular flexibility index (Phi) is 7.86. The molecule has 2 aromatic carbocycles. The summed E-state index contributed by atoms with van der Waals surface area (Å²) in [7, 11) is 1.11. The van der Waals surface area contributed by atoms with Crippen LogP contribution >= 0.6 is 0 Å². The molecule has 2 aliphatic carbocycles. The number of anilines is 1. The minimum absolute atomic E-state index is 0.0620. The predicted molar refractivity (Wildman–Crippen MR) is 141 cm³/mol. The third-order valence-electron chi connectivity index (χ3n) is 8.14. The second kappa shape index (κ2) is 11.0. The Bertz CT molecular complexity index is 1340. The van der Waals surface area contributed by atoms with Crippen LogP contribution in [0.3, 0.4) is 0 Å². The van der Waals surface area contributed by atoms with Gasteiger partial charge in [0.1, 0.15) is 0 Å². The number of hydrogen-bond acceptors (Lipinski definition) is 4. The molecule has 5 rings (SSSR count). The van der Waals surface area contributed by atoms with Gasteiger partial charge in [-0.1, -0.05) is 6.07 Å². The molecule has 1 aliphatic heterocycles. The molecule has 0 N–H and O–H groups in total. The minimum Gasteiger partial charge on any atom is -0.453 e. The van der Waals surface area contributed by atoms with Crippen LogP contribution in [0.25, 0.3) is 0 Å². The first-order valence-corrected chi connectivity index (χ1v) is 14.0. The van der Waals surface area contributed by atoms with E-state index in [1.807, 2.05) is 12.1 Å². The van der Waals surface area contributed by atoms with Crippen molar-refractivity contribution in [3.63, 3.8) is 0 Å². The highest BCUT2D eigenvalue weighted by atomic mass is 19.4. The smallest absolute Gasteiger partial charge is 0.416 e. The van der Waals surface area contributed by atoms with Gasteiger partial charge < -0.3 is 9.47 Å². The average molecular weight is 599 g/mol. The van der Waals surface area contributed by atoms with Gasteiger partial charge in [0.15, 0.2) is 0 Å². The number of aryl methyl sites for hydroxylation is 2. The largest absolute Gasteiger partial charge is 0.453 e. The second-order valence-corrected chi connectivity index (χ2v) is 11.5. The predicted octanol–water partition coefficient (Wildman–Crippen LogP) is 8.06. The van der Waals surface area contributed by atoms with Crippen molar-refractivity contribution in [2.24, 2.45) is 5.92 Å². The lowest BCUT2D eigenvalue weighted by Gasteiger charge is -2.44. The second-order valence-electron chi connectivity index (χ2n) is 11.5. The topological polar surface area (TPSA) is 59.1 Å². The van der Waals surface area contributed by atoms with Crippen LogP contribution in [0.2, 0.25) is 0 Å². The Hall–Kier alpha value is -3.44. The number of fused-ring (bicyclic) bond motifs is 2. The number of hydrogen-bond donors (Lipinski definition) is 0. The summed E-state index contributed by atoms with van der Waals surface area (Å²) < 4.78 is 92.3. The van der Waals surface area contributed by atoms with E-state index in [4.69, 9.17) is 9.47 Å². The van der Waals surface area contributed by atoms with E-state index in [2.05, 4.69) is 0 Å². The van der Waals surface area contributed by atoms with Crippen LogP contribution < -0.4 is 4.90 Å². The maximum absolute atomic E-state index is 13.6. The molecule has 1 fully saturated rings. The Balaban J connectivity index is 1.63. The van der Waals surface area contributed by atoms with Crippen LogP contribution in [0, 0.1) is 5.92 Å². The fourth-order valence-corrected chi connectivity index (χ4v) is 6.14. The molecular weight excluding hydrogens is 566 g/mol. The van der Waals surface area contributed by atoms with Crippen LogP contribution in [0.5, 0.6) is 0 Å². The van der Waals surface area contributed by atoms with Crippen LogP contribution in [-0.4, -0.2) is 36.3 Å². The molecule has 0 aromatic heterocycles. The van der Waals surface area contributed by atoms with E-state index in [1.54, 1.807) is 18.7 Å². The Morgan fingerprint density at radius 3 is 2.07 bits per heavy atom. The summed E-state index contributed by atoms with van der Waals surface area (Å²) in [5, 5.41) is 0. The number of amides is 2. The van der Waals surface area contributed by atoms with Crippen molar-refractivity contribution in [3.8, 4) is 0 Å². The van der Waals surface area contributed by atoms with Crippen molar-refractivity contribution < 1.29 is 45.4 Å². The zero-order valence-electron chi connectivity index (χ0n) is 23.4. The van der Waals surface area contributed by atoms with Crippen molar-refractivity contribution in [2.45, 2.75) is 89.5 Å². The maximum atomic E-state index is 13.6. The van der Waals surface area contributed by atoms with Gasteiger partial charge in [0.05, 0.1) is 36.1 Å². The molecule has 0 bridgehead atoms. The van der Waals surface area contributed by atoms with Gasteiger partial charge in [-0.15, -0.1) is 0 Å². The van der Waals surface area contributed by atoms with Gasteiger partial charge in [0.2, 0.25) is 0 Å². The van der Waals surface area contributed by atoms with Gasteiger partial charge >= 0.3 is 24.5 Å². The normalized spacial score (nSPS) is 20.3.